The standard InChI is InChI=1S/C13H16N2O5/c1-19-9-5-6-10(15(17)18)12(8-9)14-7-3-4-11(14)13(16)20-2/h5-6,8,11H,3-4,7H2,1-2H3. The SMILES string of the molecule is COC(=O)C1CCCN1c1cc(OC)ccc1[N+](=O)[O-]. The Morgan fingerprint density at radius 2 is 2.20 bits per heavy atom. The second-order valence-electron chi connectivity index (χ2n) is 4.49. The molecule has 2 rings (SSSR count). The van der Waals surface area contributed by atoms with Gasteiger partial charge in [0.2, 0.25) is 0 Å². The molecule has 0 radical (unpaired) electrons. The van der Waals surface area contributed by atoms with Crippen LogP contribution in [-0.2, 0) is 9.53 Å². The first-order valence-electron chi connectivity index (χ1n) is 6.25. The third kappa shape index (κ3) is 2.52. The number of hydrogen-bond donors (Lipinski definition) is 0. The molecule has 0 bridgehead atoms. The van der Waals surface area contributed by atoms with Gasteiger partial charge in [0.1, 0.15) is 17.5 Å². The maximum Gasteiger partial charge on any atom is 0.328 e. The van der Waals surface area contributed by atoms with Gasteiger partial charge in [-0.05, 0) is 18.9 Å². The molecule has 0 spiro atoms. The average molecular weight is 280 g/mol. The fraction of sp³-hybridized carbons (Fsp3) is 0.462. The lowest BCUT2D eigenvalue weighted by Gasteiger charge is -2.24. The second-order valence-corrected chi connectivity index (χ2v) is 4.49. The molecule has 1 aliphatic rings. The zero-order valence-electron chi connectivity index (χ0n) is 11.4. The monoisotopic (exact) mass is 280 g/mol. The number of carbonyl (C=O) groups is 1. The van der Waals surface area contributed by atoms with E-state index in [1.54, 1.807) is 11.0 Å². The summed E-state index contributed by atoms with van der Waals surface area (Å²) in [7, 11) is 2.81. The molecule has 0 N–H and O–H groups in total. The topological polar surface area (TPSA) is 81.9 Å². The number of esters is 1. The van der Waals surface area contributed by atoms with Gasteiger partial charge < -0.3 is 14.4 Å². The number of nitrogens with zero attached hydrogens (tertiary/aromatic N) is 2. The van der Waals surface area contributed by atoms with E-state index in [0.29, 0.717) is 24.4 Å². The smallest absolute Gasteiger partial charge is 0.328 e. The number of carbonyl (C=O) groups excluding carboxylic acids is 1. The molecule has 0 amide bonds. The molecule has 7 heteroatoms. The number of rotatable bonds is 4. The lowest BCUT2D eigenvalue weighted by molar-refractivity contribution is -0.384. The summed E-state index contributed by atoms with van der Waals surface area (Å²) < 4.78 is 9.87. The Kier molecular flexibility index (Phi) is 4.07. The first-order valence-corrected chi connectivity index (χ1v) is 6.25. The number of methoxy groups -OCH3 is 2. The Morgan fingerprint density at radius 1 is 1.45 bits per heavy atom. The summed E-state index contributed by atoms with van der Waals surface area (Å²) in [5, 5.41) is 11.1. The van der Waals surface area contributed by atoms with Crippen LogP contribution in [0.3, 0.4) is 0 Å². The van der Waals surface area contributed by atoms with E-state index in [4.69, 9.17) is 9.47 Å². The van der Waals surface area contributed by atoms with Gasteiger partial charge in [-0.2, -0.15) is 0 Å². The molecular weight excluding hydrogens is 264 g/mol. The van der Waals surface area contributed by atoms with E-state index in [1.165, 1.54) is 26.4 Å². The van der Waals surface area contributed by atoms with Crippen molar-refractivity contribution in [2.75, 3.05) is 25.7 Å². The molecule has 1 unspecified atom stereocenters. The van der Waals surface area contributed by atoms with E-state index >= 15 is 0 Å². The molecule has 7 nitrogen and oxygen atoms in total. The van der Waals surface area contributed by atoms with Crippen molar-refractivity contribution in [2.24, 2.45) is 0 Å². The van der Waals surface area contributed by atoms with E-state index in [0.717, 1.165) is 6.42 Å². The number of ether oxygens (including phenoxy) is 2. The highest BCUT2D eigenvalue weighted by Crippen LogP contribution is 2.36. The van der Waals surface area contributed by atoms with E-state index < -0.39 is 11.0 Å². The van der Waals surface area contributed by atoms with Gasteiger partial charge >= 0.3 is 5.97 Å². The zero-order valence-corrected chi connectivity index (χ0v) is 11.4. The third-order valence-electron chi connectivity index (χ3n) is 3.41. The zero-order chi connectivity index (χ0) is 14.7. The van der Waals surface area contributed by atoms with Crippen LogP contribution >= 0.6 is 0 Å². The summed E-state index contributed by atoms with van der Waals surface area (Å²) in [6.07, 6.45) is 1.41. The molecule has 0 aliphatic carbocycles. The summed E-state index contributed by atoms with van der Waals surface area (Å²) in [5.74, 6) is 0.140. The maximum absolute atomic E-state index is 11.8. The largest absolute Gasteiger partial charge is 0.497 e. The Bertz CT molecular complexity index is 531. The van der Waals surface area contributed by atoms with Gasteiger partial charge in [0.25, 0.3) is 5.69 Å². The van der Waals surface area contributed by atoms with Gasteiger partial charge in [-0.25, -0.2) is 4.79 Å². The van der Waals surface area contributed by atoms with Crippen molar-refractivity contribution in [1.29, 1.82) is 0 Å². The van der Waals surface area contributed by atoms with Crippen LogP contribution in [0.1, 0.15) is 12.8 Å². The third-order valence-corrected chi connectivity index (χ3v) is 3.41. The van der Waals surface area contributed by atoms with E-state index in [1.807, 2.05) is 0 Å². The summed E-state index contributed by atoms with van der Waals surface area (Å²) in [5.41, 5.74) is 0.351. The van der Waals surface area contributed by atoms with Gasteiger partial charge in [0.15, 0.2) is 0 Å². The Morgan fingerprint density at radius 3 is 2.80 bits per heavy atom. The predicted molar refractivity (Wildman–Crippen MR) is 72.0 cm³/mol. The summed E-state index contributed by atoms with van der Waals surface area (Å²) in [6, 6.07) is 4.02. The lowest BCUT2D eigenvalue weighted by atomic mass is 10.2. The highest BCUT2D eigenvalue weighted by atomic mass is 16.6. The number of nitro benzene ring substituents is 1. The molecule has 1 aromatic carbocycles. The average Bonchev–Trinajstić information content (AvgIpc) is 2.94. The van der Waals surface area contributed by atoms with Crippen LogP contribution in [0.5, 0.6) is 5.75 Å². The molecule has 1 saturated heterocycles. The minimum atomic E-state index is -0.481. The molecule has 108 valence electrons. The van der Waals surface area contributed by atoms with Gasteiger partial charge in [0.05, 0.1) is 19.1 Å². The van der Waals surface area contributed by atoms with E-state index in [-0.39, 0.29) is 11.7 Å². The summed E-state index contributed by atoms with van der Waals surface area (Å²) >= 11 is 0. The van der Waals surface area contributed by atoms with Crippen LogP contribution in [0.15, 0.2) is 18.2 Å². The Labute approximate surface area is 116 Å². The minimum absolute atomic E-state index is 0.0402. The van der Waals surface area contributed by atoms with Crippen LogP contribution < -0.4 is 9.64 Å². The van der Waals surface area contributed by atoms with Crippen molar-refractivity contribution >= 4 is 17.3 Å². The number of hydrogen-bond acceptors (Lipinski definition) is 6. The lowest BCUT2D eigenvalue weighted by Crippen LogP contribution is -2.37. The normalized spacial score (nSPS) is 17.9. The Hall–Kier alpha value is -2.31. The first-order chi connectivity index (χ1) is 9.58. The highest BCUT2D eigenvalue weighted by Gasteiger charge is 2.35. The van der Waals surface area contributed by atoms with Gasteiger partial charge in [-0.15, -0.1) is 0 Å². The van der Waals surface area contributed by atoms with Gasteiger partial charge in [-0.3, -0.25) is 10.1 Å². The number of benzene rings is 1. The van der Waals surface area contributed by atoms with Crippen molar-refractivity contribution in [3.05, 3.63) is 28.3 Å². The van der Waals surface area contributed by atoms with Crippen LogP contribution in [0.4, 0.5) is 11.4 Å². The number of anilines is 1. The molecule has 0 saturated carbocycles. The van der Waals surface area contributed by atoms with E-state index in [2.05, 4.69) is 0 Å². The minimum Gasteiger partial charge on any atom is -0.497 e. The quantitative estimate of drug-likeness (QED) is 0.474. The summed E-state index contributed by atoms with van der Waals surface area (Å²) in [6.45, 7) is 0.577. The van der Waals surface area contributed by atoms with Gasteiger partial charge in [-0.1, -0.05) is 0 Å². The van der Waals surface area contributed by atoms with Crippen molar-refractivity contribution in [3.8, 4) is 5.75 Å². The van der Waals surface area contributed by atoms with Crippen LogP contribution in [0.2, 0.25) is 0 Å². The van der Waals surface area contributed by atoms with Crippen LogP contribution in [0.25, 0.3) is 0 Å². The fourth-order valence-electron chi connectivity index (χ4n) is 2.45. The van der Waals surface area contributed by atoms with Gasteiger partial charge in [0, 0.05) is 18.7 Å². The molecular formula is C13H16N2O5. The van der Waals surface area contributed by atoms with Crippen molar-refractivity contribution in [3.63, 3.8) is 0 Å². The number of nitro groups is 1. The first kappa shape index (κ1) is 14.1. The summed E-state index contributed by atoms with van der Waals surface area (Å²) in [4.78, 5) is 24.2. The molecule has 1 fully saturated rings. The molecule has 1 aliphatic heterocycles. The van der Waals surface area contributed by atoms with Crippen molar-refractivity contribution in [2.45, 2.75) is 18.9 Å². The Balaban J connectivity index is 2.43. The van der Waals surface area contributed by atoms with Crippen LogP contribution in [0, 0.1) is 10.1 Å². The van der Waals surface area contributed by atoms with Crippen molar-refractivity contribution < 1.29 is 19.2 Å². The van der Waals surface area contributed by atoms with E-state index in [9.17, 15) is 14.9 Å². The molecule has 20 heavy (non-hydrogen) atoms. The van der Waals surface area contributed by atoms with Crippen molar-refractivity contribution in [1.82, 2.24) is 0 Å². The van der Waals surface area contributed by atoms with Crippen LogP contribution in [-0.4, -0.2) is 37.7 Å². The molecule has 1 atom stereocenters. The highest BCUT2D eigenvalue weighted by molar-refractivity contribution is 5.82. The fourth-order valence-corrected chi connectivity index (χ4v) is 2.45. The second kappa shape index (κ2) is 5.77. The molecule has 1 aromatic rings. The maximum atomic E-state index is 11.8. The molecule has 1 heterocycles. The predicted octanol–water partition coefficient (Wildman–Crippen LogP) is 1.75. The molecule has 0 aromatic heterocycles.